The molecule has 2 aromatic carbocycles. The number of likely N-dealkylation sites (tertiary alicyclic amines) is 1. The second-order valence-electron chi connectivity index (χ2n) is 6.20. The van der Waals surface area contributed by atoms with Crippen LogP contribution in [0.15, 0.2) is 53.0 Å². The van der Waals surface area contributed by atoms with E-state index >= 15 is 0 Å². The average Bonchev–Trinajstić information content (AvgIpc) is 2.55. The standard InChI is InChI=1S/C19H20BrF2NO/c20-18-11-17(24-13-15-5-2-1-3-6-15)8-7-16(18)12-23-10-4-9-19(21,22)14-23/h1-3,5-8,11H,4,9-10,12-14H2. The van der Waals surface area contributed by atoms with Gasteiger partial charge in [0.25, 0.3) is 5.92 Å². The Bertz CT molecular complexity index is 678. The highest BCUT2D eigenvalue weighted by molar-refractivity contribution is 9.10. The van der Waals surface area contributed by atoms with Crippen LogP contribution in [0, 0.1) is 0 Å². The van der Waals surface area contributed by atoms with Crippen molar-refractivity contribution in [1.82, 2.24) is 4.90 Å². The zero-order chi connectivity index (χ0) is 17.0. The van der Waals surface area contributed by atoms with Gasteiger partial charge in [-0.25, -0.2) is 8.78 Å². The zero-order valence-electron chi connectivity index (χ0n) is 13.4. The maximum absolute atomic E-state index is 13.5. The first kappa shape index (κ1) is 17.4. The van der Waals surface area contributed by atoms with Crippen molar-refractivity contribution < 1.29 is 13.5 Å². The second-order valence-corrected chi connectivity index (χ2v) is 7.05. The zero-order valence-corrected chi connectivity index (χ0v) is 14.9. The summed E-state index contributed by atoms with van der Waals surface area (Å²) >= 11 is 3.53. The van der Waals surface area contributed by atoms with Gasteiger partial charge in [0.05, 0.1) is 6.54 Å². The van der Waals surface area contributed by atoms with Crippen LogP contribution in [0.4, 0.5) is 8.78 Å². The van der Waals surface area contributed by atoms with Crippen LogP contribution in [0.2, 0.25) is 0 Å². The third kappa shape index (κ3) is 4.77. The van der Waals surface area contributed by atoms with Crippen LogP contribution >= 0.6 is 15.9 Å². The van der Waals surface area contributed by atoms with Gasteiger partial charge in [0, 0.05) is 17.4 Å². The minimum Gasteiger partial charge on any atom is -0.489 e. The highest BCUT2D eigenvalue weighted by Gasteiger charge is 2.35. The molecule has 1 heterocycles. The van der Waals surface area contributed by atoms with E-state index in [4.69, 9.17) is 4.74 Å². The van der Waals surface area contributed by atoms with Gasteiger partial charge in [0.15, 0.2) is 0 Å². The van der Waals surface area contributed by atoms with E-state index in [1.54, 1.807) is 0 Å². The molecule has 0 bridgehead atoms. The van der Waals surface area contributed by atoms with Crippen LogP contribution in [-0.2, 0) is 13.2 Å². The lowest BCUT2D eigenvalue weighted by atomic mass is 10.1. The molecule has 3 rings (SSSR count). The van der Waals surface area contributed by atoms with Gasteiger partial charge in [-0.1, -0.05) is 52.3 Å². The SMILES string of the molecule is FC1(F)CCCN(Cc2ccc(OCc3ccccc3)cc2Br)C1. The second kappa shape index (κ2) is 7.62. The van der Waals surface area contributed by atoms with E-state index < -0.39 is 5.92 Å². The Kier molecular flexibility index (Phi) is 5.51. The minimum atomic E-state index is -2.57. The van der Waals surface area contributed by atoms with Gasteiger partial charge in [-0.2, -0.15) is 0 Å². The Hall–Kier alpha value is -1.46. The van der Waals surface area contributed by atoms with Crippen molar-refractivity contribution in [3.63, 3.8) is 0 Å². The lowest BCUT2D eigenvalue weighted by Crippen LogP contribution is -2.42. The van der Waals surface area contributed by atoms with E-state index in [0.717, 1.165) is 21.3 Å². The minimum absolute atomic E-state index is 0.00304. The van der Waals surface area contributed by atoms with Crippen molar-refractivity contribution in [2.75, 3.05) is 13.1 Å². The maximum atomic E-state index is 13.5. The Labute approximate surface area is 149 Å². The highest BCUT2D eigenvalue weighted by Crippen LogP contribution is 2.30. The number of halogens is 3. The van der Waals surface area contributed by atoms with Crippen molar-refractivity contribution in [2.45, 2.75) is 31.9 Å². The van der Waals surface area contributed by atoms with Crippen molar-refractivity contribution >= 4 is 15.9 Å². The lowest BCUT2D eigenvalue weighted by molar-refractivity contribution is -0.0661. The molecule has 0 saturated carbocycles. The monoisotopic (exact) mass is 395 g/mol. The summed E-state index contributed by atoms with van der Waals surface area (Å²) in [6, 6.07) is 15.7. The predicted molar refractivity (Wildman–Crippen MR) is 94.4 cm³/mol. The number of piperidine rings is 1. The van der Waals surface area contributed by atoms with Crippen LogP contribution in [0.25, 0.3) is 0 Å². The van der Waals surface area contributed by atoms with Gasteiger partial charge >= 0.3 is 0 Å². The number of hydrogen-bond acceptors (Lipinski definition) is 2. The fourth-order valence-electron chi connectivity index (χ4n) is 2.91. The summed E-state index contributed by atoms with van der Waals surface area (Å²) in [6.07, 6.45) is 0.541. The smallest absolute Gasteiger partial charge is 0.260 e. The van der Waals surface area contributed by atoms with Crippen molar-refractivity contribution in [3.05, 3.63) is 64.1 Å². The summed E-state index contributed by atoms with van der Waals surface area (Å²) in [7, 11) is 0. The lowest BCUT2D eigenvalue weighted by Gasteiger charge is -2.32. The van der Waals surface area contributed by atoms with Gasteiger partial charge in [-0.3, -0.25) is 4.90 Å². The molecule has 0 unspecified atom stereocenters. The molecule has 0 aromatic heterocycles. The topological polar surface area (TPSA) is 12.5 Å². The number of rotatable bonds is 5. The predicted octanol–water partition coefficient (Wildman–Crippen LogP) is 5.26. The molecule has 0 spiro atoms. The Morgan fingerprint density at radius 1 is 1.12 bits per heavy atom. The molecule has 24 heavy (non-hydrogen) atoms. The molecule has 0 atom stereocenters. The van der Waals surface area contributed by atoms with E-state index in [1.165, 1.54) is 0 Å². The molecule has 0 radical (unpaired) electrons. The van der Waals surface area contributed by atoms with E-state index in [9.17, 15) is 8.78 Å². The van der Waals surface area contributed by atoms with Crippen molar-refractivity contribution in [2.24, 2.45) is 0 Å². The number of nitrogens with zero attached hydrogens (tertiary/aromatic N) is 1. The molecule has 1 aliphatic rings. The van der Waals surface area contributed by atoms with Gasteiger partial charge in [0.2, 0.25) is 0 Å². The third-order valence-electron chi connectivity index (χ3n) is 4.14. The van der Waals surface area contributed by atoms with Crippen LogP contribution in [-0.4, -0.2) is 23.9 Å². The van der Waals surface area contributed by atoms with Crippen molar-refractivity contribution in [3.8, 4) is 5.75 Å². The molecular formula is C19H20BrF2NO. The first-order valence-electron chi connectivity index (χ1n) is 8.07. The number of alkyl halides is 2. The summed E-state index contributed by atoms with van der Waals surface area (Å²) in [4.78, 5) is 1.81. The molecule has 128 valence electrons. The van der Waals surface area contributed by atoms with E-state index in [2.05, 4.69) is 15.9 Å². The molecule has 1 aliphatic heterocycles. The van der Waals surface area contributed by atoms with Gasteiger partial charge in [-0.05, 0) is 36.2 Å². The summed E-state index contributed by atoms with van der Waals surface area (Å²) in [6.45, 7) is 1.58. The summed E-state index contributed by atoms with van der Waals surface area (Å²) < 4.78 is 33.7. The van der Waals surface area contributed by atoms with Gasteiger partial charge < -0.3 is 4.74 Å². The summed E-state index contributed by atoms with van der Waals surface area (Å²) in [5.74, 6) is -1.80. The van der Waals surface area contributed by atoms with Gasteiger partial charge in [-0.15, -0.1) is 0 Å². The molecule has 0 N–H and O–H groups in total. The van der Waals surface area contributed by atoms with Crippen LogP contribution in [0.3, 0.4) is 0 Å². The molecule has 1 fully saturated rings. The molecule has 0 aliphatic carbocycles. The quantitative estimate of drug-likeness (QED) is 0.684. The molecule has 5 heteroatoms. The van der Waals surface area contributed by atoms with Crippen molar-refractivity contribution in [1.29, 1.82) is 0 Å². The molecule has 2 nitrogen and oxygen atoms in total. The van der Waals surface area contributed by atoms with E-state index in [-0.39, 0.29) is 13.0 Å². The van der Waals surface area contributed by atoms with E-state index in [1.807, 2.05) is 53.4 Å². The fraction of sp³-hybridized carbons (Fsp3) is 0.368. The molecule has 2 aromatic rings. The normalized spacial score (nSPS) is 17.6. The number of benzene rings is 2. The highest BCUT2D eigenvalue weighted by atomic mass is 79.9. The number of ether oxygens (including phenoxy) is 1. The first-order chi connectivity index (χ1) is 11.5. The largest absolute Gasteiger partial charge is 0.489 e. The Balaban J connectivity index is 1.60. The maximum Gasteiger partial charge on any atom is 0.260 e. The molecular weight excluding hydrogens is 376 g/mol. The van der Waals surface area contributed by atoms with E-state index in [0.29, 0.717) is 26.1 Å². The van der Waals surface area contributed by atoms with Crippen LogP contribution < -0.4 is 4.74 Å². The average molecular weight is 396 g/mol. The van der Waals surface area contributed by atoms with Crippen LogP contribution in [0.5, 0.6) is 5.75 Å². The third-order valence-corrected chi connectivity index (χ3v) is 4.88. The van der Waals surface area contributed by atoms with Crippen LogP contribution in [0.1, 0.15) is 24.0 Å². The summed E-state index contributed by atoms with van der Waals surface area (Å²) in [5.41, 5.74) is 2.10. The van der Waals surface area contributed by atoms with Gasteiger partial charge in [0.1, 0.15) is 12.4 Å². The Morgan fingerprint density at radius 2 is 1.92 bits per heavy atom. The Morgan fingerprint density at radius 3 is 2.62 bits per heavy atom. The first-order valence-corrected chi connectivity index (χ1v) is 8.86. The molecule has 1 saturated heterocycles. The number of hydrogen-bond donors (Lipinski definition) is 0. The molecule has 0 amide bonds. The fourth-order valence-corrected chi connectivity index (χ4v) is 3.39. The summed E-state index contributed by atoms with van der Waals surface area (Å²) in [5, 5.41) is 0.